The molecule has 0 aromatic heterocycles. The van der Waals surface area contributed by atoms with Crippen LogP contribution in [0, 0.1) is 0 Å². The summed E-state index contributed by atoms with van der Waals surface area (Å²) in [5.41, 5.74) is 1.78. The van der Waals surface area contributed by atoms with Gasteiger partial charge in [0.15, 0.2) is 23.0 Å². The number of rotatable bonds is 9. The van der Waals surface area contributed by atoms with Gasteiger partial charge >= 0.3 is 0 Å². The van der Waals surface area contributed by atoms with Crippen LogP contribution in [0.2, 0.25) is 0 Å². The Morgan fingerprint density at radius 1 is 0.939 bits per heavy atom. The second kappa shape index (κ2) is 10.5. The summed E-state index contributed by atoms with van der Waals surface area (Å²) in [6.45, 7) is 2.63. The van der Waals surface area contributed by atoms with Gasteiger partial charge in [0.2, 0.25) is 5.91 Å². The number of hydrogen-bond donors (Lipinski definition) is 1. The molecule has 178 valence electrons. The van der Waals surface area contributed by atoms with Crippen molar-refractivity contribution in [2.75, 3.05) is 42.0 Å². The van der Waals surface area contributed by atoms with Crippen LogP contribution in [0.25, 0.3) is 0 Å². The van der Waals surface area contributed by atoms with E-state index in [1.807, 2.05) is 12.1 Å². The zero-order valence-corrected chi connectivity index (χ0v) is 20.1. The summed E-state index contributed by atoms with van der Waals surface area (Å²) in [4.78, 5) is 28.5. The number of unbranched alkanes of at least 4 members (excludes halogenated alkanes) is 1. The van der Waals surface area contributed by atoms with Crippen LogP contribution in [0.5, 0.6) is 23.0 Å². The molecule has 0 spiro atoms. The fourth-order valence-corrected chi connectivity index (χ4v) is 4.28. The van der Waals surface area contributed by atoms with E-state index in [1.54, 1.807) is 44.4 Å². The van der Waals surface area contributed by atoms with Crippen LogP contribution >= 0.6 is 0 Å². The van der Waals surface area contributed by atoms with Gasteiger partial charge in [-0.05, 0) is 41.8 Å². The zero-order valence-electron chi connectivity index (χ0n) is 20.1. The average Bonchev–Trinajstić information content (AvgIpc) is 2.84. The molecule has 0 bridgehead atoms. The molecular formula is C25H32N2O6. The average molecular weight is 457 g/mol. The van der Waals surface area contributed by atoms with Gasteiger partial charge in [-0.15, -0.1) is 0 Å². The third kappa shape index (κ3) is 4.55. The molecule has 1 N–H and O–H groups in total. The molecule has 0 fully saturated rings. The van der Waals surface area contributed by atoms with Gasteiger partial charge < -0.3 is 29.2 Å². The molecule has 2 aromatic carbocycles. The molecule has 0 aliphatic carbocycles. The summed E-state index contributed by atoms with van der Waals surface area (Å²) in [5.74, 6) is 0.983. The number of carbonyl (C=O) groups is 2. The molecule has 3 rings (SSSR count). The van der Waals surface area contributed by atoms with Crippen molar-refractivity contribution in [3.63, 3.8) is 0 Å². The predicted molar refractivity (Wildman–Crippen MR) is 125 cm³/mol. The number of amides is 2. The van der Waals surface area contributed by atoms with Crippen molar-refractivity contribution >= 4 is 11.8 Å². The summed E-state index contributed by atoms with van der Waals surface area (Å²) >= 11 is 0. The van der Waals surface area contributed by atoms with Crippen molar-refractivity contribution in [1.82, 2.24) is 10.2 Å². The van der Waals surface area contributed by atoms with Gasteiger partial charge in [-0.3, -0.25) is 9.59 Å². The molecule has 1 aliphatic heterocycles. The molecule has 8 heteroatoms. The van der Waals surface area contributed by atoms with Crippen molar-refractivity contribution in [1.29, 1.82) is 0 Å². The second-order valence-corrected chi connectivity index (χ2v) is 7.89. The third-order valence-corrected chi connectivity index (χ3v) is 6.04. The molecule has 2 aromatic rings. The minimum Gasteiger partial charge on any atom is -0.493 e. The van der Waals surface area contributed by atoms with Gasteiger partial charge in [-0.1, -0.05) is 19.4 Å². The maximum atomic E-state index is 13.5. The normalized spacial score (nSPS) is 17.3. The Balaban J connectivity index is 2.19. The monoisotopic (exact) mass is 456 g/mol. The lowest BCUT2D eigenvalue weighted by Crippen LogP contribution is -2.45. The van der Waals surface area contributed by atoms with E-state index in [9.17, 15) is 9.59 Å². The molecule has 2 atom stereocenters. The molecule has 8 nitrogen and oxygen atoms in total. The van der Waals surface area contributed by atoms with Gasteiger partial charge in [0.05, 0.1) is 40.4 Å². The number of hydrogen-bond acceptors (Lipinski definition) is 6. The van der Waals surface area contributed by atoms with Gasteiger partial charge in [0.25, 0.3) is 5.91 Å². The van der Waals surface area contributed by atoms with Crippen LogP contribution in [0.15, 0.2) is 30.3 Å². The highest BCUT2D eigenvalue weighted by atomic mass is 16.5. The number of carbonyl (C=O) groups excluding carboxylic acids is 2. The molecule has 1 heterocycles. The third-order valence-electron chi connectivity index (χ3n) is 6.04. The number of nitrogens with zero attached hydrogens (tertiary/aromatic N) is 1. The van der Waals surface area contributed by atoms with E-state index < -0.39 is 12.0 Å². The van der Waals surface area contributed by atoms with Crippen LogP contribution in [0.1, 0.15) is 53.2 Å². The fraction of sp³-hybridized carbons (Fsp3) is 0.440. The summed E-state index contributed by atoms with van der Waals surface area (Å²) < 4.78 is 21.7. The Bertz CT molecular complexity index is 1020. The van der Waals surface area contributed by atoms with Gasteiger partial charge in [0, 0.05) is 19.2 Å². The Hall–Kier alpha value is -3.42. The molecule has 0 radical (unpaired) electrons. The summed E-state index contributed by atoms with van der Waals surface area (Å²) in [6, 6.07) is 8.27. The lowest BCUT2D eigenvalue weighted by Gasteiger charge is -2.40. The van der Waals surface area contributed by atoms with Crippen molar-refractivity contribution in [3.8, 4) is 23.0 Å². The highest BCUT2D eigenvalue weighted by Crippen LogP contribution is 2.46. The SMILES string of the molecule is CCCCNC(=O)[C@@H]1c2cc(OC)c(OC)cc2C(=O)N(C)[C@H]1c1ccc(OC)c(OC)c1. The number of likely N-dealkylation sites (N-methyl/N-ethyl adjacent to an activating group) is 1. The minimum absolute atomic E-state index is 0.156. The van der Waals surface area contributed by atoms with Crippen molar-refractivity contribution in [2.24, 2.45) is 0 Å². The quantitative estimate of drug-likeness (QED) is 0.581. The standard InChI is InChI=1S/C25H32N2O6/c1-7-8-11-26-24(28)22-16-13-20(32-5)21(33-6)14-17(16)25(29)27(2)23(22)15-9-10-18(30-3)19(12-15)31-4/h9-10,12-14,22-23H,7-8,11H2,1-6H3,(H,26,28)/t22-,23+/m1/s1. The van der Waals surface area contributed by atoms with E-state index in [-0.39, 0.29) is 11.8 Å². The summed E-state index contributed by atoms with van der Waals surface area (Å²) in [5, 5.41) is 3.04. The van der Waals surface area contributed by atoms with Crippen LogP contribution in [-0.2, 0) is 4.79 Å². The van der Waals surface area contributed by atoms with E-state index in [1.165, 1.54) is 14.2 Å². The van der Waals surface area contributed by atoms with Gasteiger partial charge in [-0.25, -0.2) is 0 Å². The number of nitrogens with one attached hydrogen (secondary N) is 1. The fourth-order valence-electron chi connectivity index (χ4n) is 4.28. The van der Waals surface area contributed by atoms with Crippen molar-refractivity contribution < 1.29 is 28.5 Å². The Labute approximate surface area is 194 Å². The molecule has 1 aliphatic rings. The summed E-state index contributed by atoms with van der Waals surface area (Å²) in [7, 11) is 7.87. The predicted octanol–water partition coefficient (Wildman–Crippen LogP) is 3.55. The zero-order chi connectivity index (χ0) is 24.1. The lowest BCUT2D eigenvalue weighted by molar-refractivity contribution is -0.124. The minimum atomic E-state index is -0.655. The Morgan fingerprint density at radius 2 is 1.55 bits per heavy atom. The lowest BCUT2D eigenvalue weighted by atomic mass is 9.79. The maximum absolute atomic E-state index is 13.5. The topological polar surface area (TPSA) is 86.3 Å². The van der Waals surface area contributed by atoms with Crippen LogP contribution in [-0.4, -0.2) is 58.7 Å². The van der Waals surface area contributed by atoms with E-state index in [2.05, 4.69) is 12.2 Å². The molecule has 0 saturated heterocycles. The van der Waals surface area contributed by atoms with Crippen LogP contribution < -0.4 is 24.3 Å². The molecule has 33 heavy (non-hydrogen) atoms. The van der Waals surface area contributed by atoms with Crippen LogP contribution in [0.3, 0.4) is 0 Å². The Kier molecular flexibility index (Phi) is 7.68. The second-order valence-electron chi connectivity index (χ2n) is 7.89. The largest absolute Gasteiger partial charge is 0.493 e. The first-order valence-electron chi connectivity index (χ1n) is 10.9. The first kappa shape index (κ1) is 24.2. The van der Waals surface area contributed by atoms with E-state index in [4.69, 9.17) is 18.9 Å². The molecule has 2 amide bonds. The molecule has 0 unspecified atom stereocenters. The van der Waals surface area contributed by atoms with Crippen molar-refractivity contribution in [2.45, 2.75) is 31.7 Å². The first-order valence-corrected chi connectivity index (χ1v) is 10.9. The van der Waals surface area contributed by atoms with Gasteiger partial charge in [0.1, 0.15) is 0 Å². The van der Waals surface area contributed by atoms with Crippen molar-refractivity contribution in [3.05, 3.63) is 47.0 Å². The smallest absolute Gasteiger partial charge is 0.254 e. The summed E-state index contributed by atoms with van der Waals surface area (Å²) in [6.07, 6.45) is 1.83. The van der Waals surface area contributed by atoms with E-state index in [0.29, 0.717) is 40.7 Å². The number of benzene rings is 2. The number of ether oxygens (including phenoxy) is 4. The van der Waals surface area contributed by atoms with E-state index in [0.717, 1.165) is 18.4 Å². The Morgan fingerprint density at radius 3 is 2.15 bits per heavy atom. The first-order chi connectivity index (χ1) is 15.9. The highest BCUT2D eigenvalue weighted by Gasteiger charge is 2.43. The molecule has 0 saturated carbocycles. The van der Waals surface area contributed by atoms with Crippen LogP contribution in [0.4, 0.5) is 0 Å². The molecular weight excluding hydrogens is 424 g/mol. The van der Waals surface area contributed by atoms with E-state index >= 15 is 0 Å². The highest BCUT2D eigenvalue weighted by molar-refractivity contribution is 6.02. The maximum Gasteiger partial charge on any atom is 0.254 e. The van der Waals surface area contributed by atoms with Gasteiger partial charge in [-0.2, -0.15) is 0 Å². The number of methoxy groups -OCH3 is 4. The number of fused-ring (bicyclic) bond motifs is 1.